The van der Waals surface area contributed by atoms with Gasteiger partial charge in [-0.1, -0.05) is 0 Å². The second kappa shape index (κ2) is 9.05. The number of carbonyl (C=O) groups excluding carboxylic acids is 2. The molecular weight excluding hydrogens is 294 g/mol. The molecule has 6 N–H and O–H groups in total. The first-order valence-corrected chi connectivity index (χ1v) is 6.57. The van der Waals surface area contributed by atoms with Gasteiger partial charge in [0.15, 0.2) is 0 Å². The number of hydrogen-bond donors (Lipinski definition) is 6. The molecule has 0 radical (unpaired) electrons. The van der Waals surface area contributed by atoms with Crippen molar-refractivity contribution in [2.75, 3.05) is 26.3 Å². The Bertz CT molecular complexity index is 469. The molecule has 2 unspecified atom stereocenters. The number of amides is 2. The normalized spacial score (nSPS) is 13.3. The van der Waals surface area contributed by atoms with Crippen molar-refractivity contribution in [3.8, 4) is 0 Å². The van der Waals surface area contributed by atoms with Gasteiger partial charge in [0.1, 0.15) is 0 Å². The van der Waals surface area contributed by atoms with Gasteiger partial charge in [0.05, 0.1) is 36.5 Å². The van der Waals surface area contributed by atoms with E-state index in [0.29, 0.717) is 0 Å². The molecule has 0 spiro atoms. The maximum Gasteiger partial charge on any atom is 0.252 e. The lowest BCUT2D eigenvalue weighted by Crippen LogP contribution is -2.35. The number of aliphatic hydroxyl groups excluding tert-OH is 4. The van der Waals surface area contributed by atoms with Gasteiger partial charge in [-0.3, -0.25) is 14.6 Å². The van der Waals surface area contributed by atoms with Crippen LogP contribution in [0, 0.1) is 0 Å². The molecule has 2 amide bonds. The van der Waals surface area contributed by atoms with Crippen molar-refractivity contribution in [3.05, 3.63) is 29.6 Å². The summed E-state index contributed by atoms with van der Waals surface area (Å²) in [4.78, 5) is 27.4. The molecule has 1 aromatic heterocycles. The van der Waals surface area contributed by atoms with Crippen LogP contribution in [0.3, 0.4) is 0 Å². The molecule has 0 saturated heterocycles. The molecule has 0 bridgehead atoms. The second-order valence-corrected chi connectivity index (χ2v) is 4.56. The van der Waals surface area contributed by atoms with Crippen molar-refractivity contribution in [1.82, 2.24) is 15.6 Å². The molecule has 22 heavy (non-hydrogen) atoms. The number of hydrogen-bond acceptors (Lipinski definition) is 7. The quantitative estimate of drug-likeness (QED) is 0.304. The fourth-order valence-corrected chi connectivity index (χ4v) is 1.44. The Morgan fingerprint density at radius 2 is 1.36 bits per heavy atom. The lowest BCUT2D eigenvalue weighted by atomic mass is 10.2. The van der Waals surface area contributed by atoms with Gasteiger partial charge < -0.3 is 31.1 Å². The van der Waals surface area contributed by atoms with E-state index in [2.05, 4.69) is 15.6 Å². The highest BCUT2D eigenvalue weighted by atomic mass is 16.3. The molecule has 1 rings (SSSR count). The molecule has 0 aliphatic heterocycles. The van der Waals surface area contributed by atoms with Gasteiger partial charge in [-0.25, -0.2) is 0 Å². The topological polar surface area (TPSA) is 152 Å². The van der Waals surface area contributed by atoms with Crippen molar-refractivity contribution in [3.63, 3.8) is 0 Å². The van der Waals surface area contributed by atoms with E-state index in [4.69, 9.17) is 20.4 Å². The Morgan fingerprint density at radius 3 is 1.73 bits per heavy atom. The summed E-state index contributed by atoms with van der Waals surface area (Å²) in [5.41, 5.74) is 0.223. The van der Waals surface area contributed by atoms with Crippen LogP contribution in [0.5, 0.6) is 0 Å². The summed E-state index contributed by atoms with van der Waals surface area (Å²) in [6.45, 7) is -1.22. The summed E-state index contributed by atoms with van der Waals surface area (Å²) in [6, 6.07) is 1.30. The van der Waals surface area contributed by atoms with Crippen LogP contribution in [0.4, 0.5) is 0 Å². The number of rotatable bonds is 8. The van der Waals surface area contributed by atoms with E-state index in [0.717, 1.165) is 0 Å². The van der Waals surface area contributed by atoms with Gasteiger partial charge in [0.25, 0.3) is 11.8 Å². The van der Waals surface area contributed by atoms with Crippen LogP contribution in [-0.4, -0.2) is 75.7 Å². The first-order valence-electron chi connectivity index (χ1n) is 6.57. The van der Waals surface area contributed by atoms with Crippen molar-refractivity contribution in [2.24, 2.45) is 0 Å². The van der Waals surface area contributed by atoms with Gasteiger partial charge >= 0.3 is 0 Å². The smallest absolute Gasteiger partial charge is 0.252 e. The van der Waals surface area contributed by atoms with Crippen LogP contribution in [0.2, 0.25) is 0 Å². The average molecular weight is 313 g/mol. The van der Waals surface area contributed by atoms with Gasteiger partial charge in [-0.2, -0.15) is 0 Å². The van der Waals surface area contributed by atoms with Crippen molar-refractivity contribution < 1.29 is 30.0 Å². The summed E-state index contributed by atoms with van der Waals surface area (Å²) >= 11 is 0. The Morgan fingerprint density at radius 1 is 0.955 bits per heavy atom. The van der Waals surface area contributed by atoms with E-state index in [9.17, 15) is 9.59 Å². The molecule has 1 heterocycles. The highest BCUT2D eigenvalue weighted by Gasteiger charge is 2.13. The minimum absolute atomic E-state index is 0.112. The van der Waals surface area contributed by atoms with E-state index in [1.165, 1.54) is 18.5 Å². The van der Waals surface area contributed by atoms with Crippen LogP contribution >= 0.6 is 0 Å². The minimum atomic E-state index is -1.07. The van der Waals surface area contributed by atoms with Gasteiger partial charge in [-0.15, -0.1) is 0 Å². The third kappa shape index (κ3) is 5.74. The minimum Gasteiger partial charge on any atom is -0.394 e. The summed E-state index contributed by atoms with van der Waals surface area (Å²) < 4.78 is 0. The van der Waals surface area contributed by atoms with Crippen LogP contribution in [0.1, 0.15) is 20.7 Å². The molecule has 0 aromatic carbocycles. The molecule has 1 aromatic rings. The van der Waals surface area contributed by atoms with E-state index in [1.54, 1.807) is 0 Å². The molecule has 2 atom stereocenters. The van der Waals surface area contributed by atoms with Gasteiger partial charge in [0, 0.05) is 25.5 Å². The van der Waals surface area contributed by atoms with Crippen LogP contribution in [0.15, 0.2) is 18.5 Å². The lowest BCUT2D eigenvalue weighted by Gasteiger charge is -2.10. The monoisotopic (exact) mass is 313 g/mol. The second-order valence-electron chi connectivity index (χ2n) is 4.56. The van der Waals surface area contributed by atoms with E-state index < -0.39 is 37.2 Å². The maximum atomic E-state index is 11.8. The maximum absolute atomic E-state index is 11.8. The van der Waals surface area contributed by atoms with Crippen molar-refractivity contribution in [1.29, 1.82) is 0 Å². The van der Waals surface area contributed by atoms with Crippen molar-refractivity contribution >= 4 is 11.8 Å². The van der Waals surface area contributed by atoms with Gasteiger partial charge in [-0.05, 0) is 6.07 Å². The zero-order chi connectivity index (χ0) is 16.5. The standard InChI is InChI=1S/C13H19N3O6/c17-6-10(19)4-15-12(21)8-1-9(3-14-2-8)13(22)16-5-11(20)7-18/h1-3,10-11,17-20H,4-7H2,(H,15,21)(H,16,22). The van der Waals surface area contributed by atoms with E-state index in [1.807, 2.05) is 0 Å². The predicted molar refractivity (Wildman–Crippen MR) is 75.1 cm³/mol. The largest absolute Gasteiger partial charge is 0.394 e. The molecule has 9 nitrogen and oxygen atoms in total. The highest BCUT2D eigenvalue weighted by molar-refractivity contribution is 5.99. The summed E-state index contributed by atoms with van der Waals surface area (Å²) in [6.07, 6.45) is 0.367. The molecule has 9 heteroatoms. The number of nitrogens with one attached hydrogen (secondary N) is 2. The zero-order valence-electron chi connectivity index (χ0n) is 11.8. The molecule has 0 aliphatic rings. The SMILES string of the molecule is O=C(NCC(O)CO)c1cncc(C(=O)NCC(O)CO)c1. The number of pyridine rings is 1. The Hall–Kier alpha value is -2.07. The third-order valence-corrected chi connectivity index (χ3v) is 2.68. The Kier molecular flexibility index (Phi) is 7.40. The Labute approximate surface area is 126 Å². The first kappa shape index (κ1) is 18.0. The zero-order valence-corrected chi connectivity index (χ0v) is 11.8. The van der Waals surface area contributed by atoms with E-state index >= 15 is 0 Å². The number of aromatic nitrogens is 1. The highest BCUT2D eigenvalue weighted by Crippen LogP contribution is 2.03. The lowest BCUT2D eigenvalue weighted by molar-refractivity contribution is 0.0799. The van der Waals surface area contributed by atoms with E-state index in [-0.39, 0.29) is 24.2 Å². The molecule has 122 valence electrons. The third-order valence-electron chi connectivity index (χ3n) is 2.68. The Balaban J connectivity index is 2.64. The van der Waals surface area contributed by atoms with Crippen molar-refractivity contribution in [2.45, 2.75) is 12.2 Å². The van der Waals surface area contributed by atoms with Crippen LogP contribution in [-0.2, 0) is 0 Å². The summed E-state index contributed by atoms with van der Waals surface area (Å²) in [7, 11) is 0. The fraction of sp³-hybridized carbons (Fsp3) is 0.462. The first-order chi connectivity index (χ1) is 10.5. The summed E-state index contributed by atoms with van der Waals surface area (Å²) in [5, 5.41) is 40.4. The molecule has 0 saturated carbocycles. The number of nitrogens with zero attached hydrogens (tertiary/aromatic N) is 1. The molecular formula is C13H19N3O6. The fourth-order valence-electron chi connectivity index (χ4n) is 1.44. The molecule has 0 aliphatic carbocycles. The number of carbonyl (C=O) groups is 2. The molecule has 0 fully saturated rings. The van der Waals surface area contributed by atoms with Crippen LogP contribution in [0.25, 0.3) is 0 Å². The number of aliphatic hydroxyl groups is 4. The van der Waals surface area contributed by atoms with Gasteiger partial charge in [0.2, 0.25) is 0 Å². The van der Waals surface area contributed by atoms with Crippen LogP contribution < -0.4 is 10.6 Å². The predicted octanol–water partition coefficient (Wildman–Crippen LogP) is -2.75. The summed E-state index contributed by atoms with van der Waals surface area (Å²) in [5.74, 6) is -1.10. The average Bonchev–Trinajstić information content (AvgIpc) is 2.56.